The third kappa shape index (κ3) is 3.82. The lowest BCUT2D eigenvalue weighted by molar-refractivity contribution is 0.486. The number of nitrogen functional groups attached to an aromatic ring is 1. The van der Waals surface area contributed by atoms with Crippen molar-refractivity contribution < 1.29 is 8.42 Å². The van der Waals surface area contributed by atoms with E-state index in [4.69, 9.17) is 5.73 Å². The summed E-state index contributed by atoms with van der Waals surface area (Å²) in [6, 6.07) is 0. The van der Waals surface area contributed by atoms with Crippen LogP contribution in [0.5, 0.6) is 0 Å². The second kappa shape index (κ2) is 6.56. The quantitative estimate of drug-likeness (QED) is 0.837. The molecule has 1 aromatic heterocycles. The zero-order valence-corrected chi connectivity index (χ0v) is 13.6. The Morgan fingerprint density at radius 1 is 1.32 bits per heavy atom. The van der Waals surface area contributed by atoms with Crippen molar-refractivity contribution in [3.63, 3.8) is 0 Å². The summed E-state index contributed by atoms with van der Waals surface area (Å²) in [5.41, 5.74) is 5.71. The minimum absolute atomic E-state index is 0.116. The maximum Gasteiger partial charge on any atom is 0.182 e. The molecule has 0 saturated heterocycles. The van der Waals surface area contributed by atoms with E-state index >= 15 is 0 Å². The minimum atomic E-state index is -3.34. The summed E-state index contributed by atoms with van der Waals surface area (Å²) < 4.78 is 27.7. The topological polar surface area (TPSA) is 76.3 Å². The highest BCUT2D eigenvalue weighted by molar-refractivity contribution is 7.91. The van der Waals surface area contributed by atoms with Crippen LogP contribution in [-0.2, 0) is 9.84 Å². The zero-order valence-electron chi connectivity index (χ0n) is 12.0. The van der Waals surface area contributed by atoms with E-state index in [0.29, 0.717) is 10.9 Å². The molecule has 0 aliphatic rings. The van der Waals surface area contributed by atoms with Gasteiger partial charge in [-0.15, -0.1) is 0 Å². The molecule has 0 bridgehead atoms. The molecule has 0 radical (unpaired) electrons. The first-order chi connectivity index (χ1) is 8.85. The van der Waals surface area contributed by atoms with E-state index in [2.05, 4.69) is 23.1 Å². The summed E-state index contributed by atoms with van der Waals surface area (Å²) in [7, 11) is -3.34. The second-order valence-electron chi connectivity index (χ2n) is 4.70. The first-order valence-corrected chi connectivity index (χ1v) is 9.21. The zero-order chi connectivity index (χ0) is 14.6. The summed E-state index contributed by atoms with van der Waals surface area (Å²) >= 11 is 1.17. The number of aromatic nitrogens is 1. The Labute approximate surface area is 119 Å². The SMILES string of the molecule is CCC(CC)CN(CC)c1snc(N)c1S(C)(=O)=O. The fourth-order valence-electron chi connectivity index (χ4n) is 2.05. The van der Waals surface area contributed by atoms with Crippen LogP contribution in [0, 0.1) is 5.92 Å². The van der Waals surface area contributed by atoms with Gasteiger partial charge in [-0.1, -0.05) is 26.7 Å². The van der Waals surface area contributed by atoms with Gasteiger partial charge in [0.15, 0.2) is 15.7 Å². The van der Waals surface area contributed by atoms with Gasteiger partial charge in [-0.3, -0.25) is 0 Å². The van der Waals surface area contributed by atoms with Gasteiger partial charge < -0.3 is 10.6 Å². The molecule has 0 fully saturated rings. The number of nitrogens with zero attached hydrogens (tertiary/aromatic N) is 2. The van der Waals surface area contributed by atoms with Crippen LogP contribution in [-0.4, -0.2) is 32.1 Å². The predicted octanol–water partition coefficient (Wildman–Crippen LogP) is 2.39. The number of hydrogen-bond donors (Lipinski definition) is 1. The number of anilines is 2. The number of rotatable bonds is 7. The first-order valence-electron chi connectivity index (χ1n) is 6.55. The highest BCUT2D eigenvalue weighted by Crippen LogP contribution is 2.35. The third-order valence-electron chi connectivity index (χ3n) is 3.33. The van der Waals surface area contributed by atoms with Gasteiger partial charge in [-0.05, 0) is 24.4 Å². The van der Waals surface area contributed by atoms with Crippen LogP contribution in [0.25, 0.3) is 0 Å². The van der Waals surface area contributed by atoms with E-state index in [1.165, 1.54) is 17.8 Å². The number of sulfone groups is 1. The Morgan fingerprint density at radius 2 is 1.89 bits per heavy atom. The van der Waals surface area contributed by atoms with Gasteiger partial charge in [-0.2, -0.15) is 4.37 Å². The standard InChI is InChI=1S/C12H23N3O2S2/c1-5-9(6-2)8-15(7-3)12-10(19(4,16)17)11(13)14-18-12/h9H,5-8H2,1-4H3,(H2,13,14). The van der Waals surface area contributed by atoms with Crippen molar-refractivity contribution >= 4 is 32.2 Å². The van der Waals surface area contributed by atoms with E-state index in [9.17, 15) is 8.42 Å². The monoisotopic (exact) mass is 305 g/mol. The van der Waals surface area contributed by atoms with E-state index in [1.807, 2.05) is 6.92 Å². The van der Waals surface area contributed by atoms with Crippen LogP contribution in [0.4, 0.5) is 10.8 Å². The molecule has 0 saturated carbocycles. The molecule has 0 aromatic carbocycles. The Bertz CT molecular complexity index is 507. The normalized spacial score (nSPS) is 12.1. The molecule has 0 amide bonds. The maximum absolute atomic E-state index is 11.8. The molecule has 110 valence electrons. The average molecular weight is 305 g/mol. The van der Waals surface area contributed by atoms with E-state index in [1.54, 1.807) is 0 Å². The van der Waals surface area contributed by atoms with Gasteiger partial charge >= 0.3 is 0 Å². The smallest absolute Gasteiger partial charge is 0.182 e. The van der Waals surface area contributed by atoms with Crippen LogP contribution >= 0.6 is 11.5 Å². The summed E-state index contributed by atoms with van der Waals surface area (Å²) in [6.07, 6.45) is 3.34. The predicted molar refractivity (Wildman–Crippen MR) is 81.6 cm³/mol. The lowest BCUT2D eigenvalue weighted by atomic mass is 10.0. The molecule has 5 nitrogen and oxygen atoms in total. The van der Waals surface area contributed by atoms with Crippen LogP contribution < -0.4 is 10.6 Å². The fraction of sp³-hybridized carbons (Fsp3) is 0.750. The highest BCUT2D eigenvalue weighted by atomic mass is 32.2. The summed E-state index contributed by atoms with van der Waals surface area (Å²) in [5.74, 6) is 0.668. The Morgan fingerprint density at radius 3 is 2.32 bits per heavy atom. The molecule has 0 atom stereocenters. The lowest BCUT2D eigenvalue weighted by Gasteiger charge is -2.26. The van der Waals surface area contributed by atoms with Gasteiger partial charge in [-0.25, -0.2) is 8.42 Å². The molecule has 7 heteroatoms. The molecule has 0 unspecified atom stereocenters. The largest absolute Gasteiger partial charge is 0.382 e. The highest BCUT2D eigenvalue weighted by Gasteiger charge is 2.25. The second-order valence-corrected chi connectivity index (χ2v) is 7.40. The van der Waals surface area contributed by atoms with Crippen molar-refractivity contribution in [1.82, 2.24) is 4.37 Å². The van der Waals surface area contributed by atoms with Crippen molar-refractivity contribution in [2.24, 2.45) is 5.92 Å². The van der Waals surface area contributed by atoms with Gasteiger partial charge in [0.1, 0.15) is 9.90 Å². The molecular formula is C12H23N3O2S2. The van der Waals surface area contributed by atoms with Crippen LogP contribution in [0.15, 0.2) is 4.90 Å². The molecule has 1 aromatic rings. The molecule has 19 heavy (non-hydrogen) atoms. The van der Waals surface area contributed by atoms with Gasteiger partial charge in [0.05, 0.1) is 0 Å². The maximum atomic E-state index is 11.8. The number of hydrogen-bond acceptors (Lipinski definition) is 6. The lowest BCUT2D eigenvalue weighted by Crippen LogP contribution is -2.29. The molecule has 2 N–H and O–H groups in total. The molecule has 1 rings (SSSR count). The molecule has 0 aliphatic heterocycles. The molecular weight excluding hydrogens is 282 g/mol. The summed E-state index contributed by atoms with van der Waals surface area (Å²) in [6.45, 7) is 7.92. The van der Waals surface area contributed by atoms with Crippen molar-refractivity contribution in [3.8, 4) is 0 Å². The summed E-state index contributed by atoms with van der Waals surface area (Å²) in [5, 5.41) is 0.675. The van der Waals surface area contributed by atoms with Gasteiger partial charge in [0.25, 0.3) is 0 Å². The Hall–Kier alpha value is -0.820. The molecule has 1 heterocycles. The van der Waals surface area contributed by atoms with Crippen molar-refractivity contribution in [2.45, 2.75) is 38.5 Å². The molecule has 0 spiro atoms. The third-order valence-corrected chi connectivity index (χ3v) is 5.53. The molecule has 0 aliphatic carbocycles. The average Bonchev–Trinajstić information content (AvgIpc) is 2.72. The van der Waals surface area contributed by atoms with Crippen molar-refractivity contribution in [2.75, 3.05) is 30.0 Å². The van der Waals surface area contributed by atoms with Gasteiger partial charge in [0.2, 0.25) is 0 Å². The van der Waals surface area contributed by atoms with Crippen molar-refractivity contribution in [1.29, 1.82) is 0 Å². The summed E-state index contributed by atoms with van der Waals surface area (Å²) in [4.78, 5) is 2.26. The Balaban J connectivity index is 3.13. The number of nitrogens with two attached hydrogens (primary N) is 1. The fourth-order valence-corrected chi connectivity index (χ4v) is 4.33. The Kier molecular flexibility index (Phi) is 5.61. The minimum Gasteiger partial charge on any atom is -0.382 e. The van der Waals surface area contributed by atoms with E-state index < -0.39 is 9.84 Å². The van der Waals surface area contributed by atoms with Crippen LogP contribution in [0.1, 0.15) is 33.6 Å². The first kappa shape index (κ1) is 16.2. The van der Waals surface area contributed by atoms with Crippen molar-refractivity contribution in [3.05, 3.63) is 0 Å². The van der Waals surface area contributed by atoms with Crippen LogP contribution in [0.3, 0.4) is 0 Å². The van der Waals surface area contributed by atoms with Gasteiger partial charge in [0, 0.05) is 19.3 Å². The van der Waals surface area contributed by atoms with E-state index in [0.717, 1.165) is 25.9 Å². The van der Waals surface area contributed by atoms with Crippen LogP contribution in [0.2, 0.25) is 0 Å². The van der Waals surface area contributed by atoms with E-state index in [-0.39, 0.29) is 10.7 Å².